The molecule has 8 nitrogen and oxygen atoms in total. The maximum absolute atomic E-state index is 12.3. The van der Waals surface area contributed by atoms with Crippen molar-refractivity contribution in [2.24, 2.45) is 7.05 Å². The lowest BCUT2D eigenvalue weighted by Crippen LogP contribution is -2.33. The highest BCUT2D eigenvalue weighted by Gasteiger charge is 2.27. The van der Waals surface area contributed by atoms with Crippen LogP contribution in [0, 0.1) is 32.1 Å². The number of hydrogen-bond donors (Lipinski definition) is 1. The lowest BCUT2D eigenvalue weighted by atomic mass is 10.2. The molecule has 0 bridgehead atoms. The molecule has 154 valence electrons. The average Bonchev–Trinajstić information content (AvgIpc) is 3.27. The third-order valence-electron chi connectivity index (χ3n) is 5.78. The number of nitrogens with zero attached hydrogens (tertiary/aromatic N) is 6. The van der Waals surface area contributed by atoms with E-state index < -0.39 is 0 Å². The van der Waals surface area contributed by atoms with E-state index in [-0.39, 0.29) is 11.7 Å². The Morgan fingerprint density at radius 2 is 2.07 bits per heavy atom. The monoisotopic (exact) mass is 395 g/mol. The number of nitriles is 1. The molecule has 1 amide bonds. The van der Waals surface area contributed by atoms with E-state index in [1.807, 2.05) is 38.5 Å². The first-order valence-corrected chi connectivity index (χ1v) is 9.83. The second-order valence-electron chi connectivity index (χ2n) is 7.90. The topological polar surface area (TPSA) is 90.1 Å². The van der Waals surface area contributed by atoms with E-state index in [1.54, 1.807) is 14.1 Å². The largest absolute Gasteiger partial charge is 0.355 e. The second-order valence-corrected chi connectivity index (χ2v) is 7.90. The van der Waals surface area contributed by atoms with Gasteiger partial charge < -0.3 is 19.7 Å². The van der Waals surface area contributed by atoms with Crippen molar-refractivity contribution in [1.82, 2.24) is 24.8 Å². The molecule has 1 fully saturated rings. The fourth-order valence-corrected chi connectivity index (χ4v) is 3.64. The highest BCUT2D eigenvalue weighted by molar-refractivity contribution is 5.90. The van der Waals surface area contributed by atoms with Gasteiger partial charge in [-0.3, -0.25) is 4.79 Å². The van der Waals surface area contributed by atoms with Crippen molar-refractivity contribution in [2.45, 2.75) is 39.8 Å². The third-order valence-corrected chi connectivity index (χ3v) is 5.78. The fourth-order valence-electron chi connectivity index (χ4n) is 3.64. The van der Waals surface area contributed by atoms with Crippen molar-refractivity contribution >= 4 is 11.7 Å². The summed E-state index contributed by atoms with van der Waals surface area (Å²) in [5.74, 6) is 0.902. The Bertz CT molecular complexity index is 970. The number of amides is 1. The van der Waals surface area contributed by atoms with Crippen molar-refractivity contribution in [2.75, 3.05) is 32.1 Å². The summed E-state index contributed by atoms with van der Waals surface area (Å²) in [6.07, 6.45) is 0.996. The molecule has 2 aromatic rings. The van der Waals surface area contributed by atoms with Gasteiger partial charge in [-0.1, -0.05) is 0 Å². The van der Waals surface area contributed by atoms with Gasteiger partial charge in [-0.2, -0.15) is 5.26 Å². The molecule has 3 heterocycles. The van der Waals surface area contributed by atoms with Gasteiger partial charge in [-0.25, -0.2) is 9.97 Å². The standard InChI is InChI=1S/C21H29N7O/c1-13-14(2)24-19(21(29)26(4)5)25-20(13)28-8-7-17(12-28)23-11-16-9-18(10-22)27(6)15(16)3/h9,17,23H,7-8,11-12H2,1-6H3/t17-/m1/s1. The molecular formula is C21H29N7O. The maximum atomic E-state index is 12.3. The van der Waals surface area contributed by atoms with Crippen molar-refractivity contribution in [3.05, 3.63) is 40.1 Å². The van der Waals surface area contributed by atoms with E-state index in [0.717, 1.165) is 54.4 Å². The van der Waals surface area contributed by atoms with Crippen LogP contribution >= 0.6 is 0 Å². The zero-order valence-electron chi connectivity index (χ0n) is 18.1. The lowest BCUT2D eigenvalue weighted by Gasteiger charge is -2.22. The van der Waals surface area contributed by atoms with Crippen molar-refractivity contribution in [1.29, 1.82) is 5.26 Å². The molecule has 0 aromatic carbocycles. The molecule has 1 aliphatic heterocycles. The molecule has 0 radical (unpaired) electrons. The van der Waals surface area contributed by atoms with E-state index in [4.69, 9.17) is 0 Å². The SMILES string of the molecule is Cc1nc(C(=O)N(C)C)nc(N2CC[C@@H](NCc3cc(C#N)n(C)c3C)C2)c1C. The Morgan fingerprint density at radius 1 is 1.34 bits per heavy atom. The minimum atomic E-state index is -0.184. The van der Waals surface area contributed by atoms with Crippen LogP contribution in [0.15, 0.2) is 6.07 Å². The normalized spacial score (nSPS) is 16.2. The van der Waals surface area contributed by atoms with Crippen LogP contribution in [0.3, 0.4) is 0 Å². The Hall–Kier alpha value is -2.92. The number of anilines is 1. The number of aromatic nitrogens is 3. The summed E-state index contributed by atoms with van der Waals surface area (Å²) >= 11 is 0. The number of rotatable bonds is 5. The van der Waals surface area contributed by atoms with Crippen LogP contribution in [0.4, 0.5) is 5.82 Å². The minimum absolute atomic E-state index is 0.184. The maximum Gasteiger partial charge on any atom is 0.291 e. The lowest BCUT2D eigenvalue weighted by molar-refractivity contribution is 0.0815. The van der Waals surface area contributed by atoms with Gasteiger partial charge in [-0.15, -0.1) is 0 Å². The summed E-state index contributed by atoms with van der Waals surface area (Å²) in [4.78, 5) is 25.0. The summed E-state index contributed by atoms with van der Waals surface area (Å²) in [6.45, 7) is 8.39. The first kappa shape index (κ1) is 20.8. The Balaban J connectivity index is 1.71. The Morgan fingerprint density at radius 3 is 2.69 bits per heavy atom. The predicted octanol–water partition coefficient (Wildman–Crippen LogP) is 1.68. The van der Waals surface area contributed by atoms with Gasteiger partial charge in [0.05, 0.1) is 0 Å². The Kier molecular flexibility index (Phi) is 5.89. The van der Waals surface area contributed by atoms with E-state index in [9.17, 15) is 10.1 Å². The summed E-state index contributed by atoms with van der Waals surface area (Å²) < 4.78 is 1.92. The quantitative estimate of drug-likeness (QED) is 0.828. The van der Waals surface area contributed by atoms with E-state index in [1.165, 1.54) is 4.90 Å². The van der Waals surface area contributed by atoms with Crippen molar-refractivity contribution in [3.63, 3.8) is 0 Å². The number of hydrogen-bond acceptors (Lipinski definition) is 6. The van der Waals surface area contributed by atoms with Crippen LogP contribution in [-0.4, -0.2) is 58.6 Å². The second kappa shape index (κ2) is 8.21. The first-order valence-electron chi connectivity index (χ1n) is 9.83. The molecule has 1 saturated heterocycles. The number of nitrogens with one attached hydrogen (secondary N) is 1. The molecule has 0 spiro atoms. The number of carbonyl (C=O) groups excluding carboxylic acids is 1. The predicted molar refractivity (Wildman–Crippen MR) is 112 cm³/mol. The first-order chi connectivity index (χ1) is 13.7. The molecule has 1 N–H and O–H groups in total. The summed E-state index contributed by atoms with van der Waals surface area (Å²) in [7, 11) is 5.33. The van der Waals surface area contributed by atoms with Gasteiger partial charge in [0, 0.05) is 63.8 Å². The zero-order chi connectivity index (χ0) is 21.3. The molecule has 8 heteroatoms. The van der Waals surface area contributed by atoms with Crippen LogP contribution in [-0.2, 0) is 13.6 Å². The van der Waals surface area contributed by atoms with Gasteiger partial charge >= 0.3 is 0 Å². The minimum Gasteiger partial charge on any atom is -0.355 e. The number of aryl methyl sites for hydroxylation is 1. The summed E-state index contributed by atoms with van der Waals surface area (Å²) in [5, 5.41) is 12.8. The average molecular weight is 396 g/mol. The smallest absolute Gasteiger partial charge is 0.291 e. The summed E-state index contributed by atoms with van der Waals surface area (Å²) in [5.41, 5.74) is 4.78. The highest BCUT2D eigenvalue weighted by atomic mass is 16.2. The van der Waals surface area contributed by atoms with Gasteiger partial charge in [-0.05, 0) is 38.8 Å². The van der Waals surface area contributed by atoms with Crippen LogP contribution in [0.5, 0.6) is 0 Å². The molecule has 29 heavy (non-hydrogen) atoms. The van der Waals surface area contributed by atoms with Crippen molar-refractivity contribution < 1.29 is 4.79 Å². The molecule has 1 aliphatic rings. The van der Waals surface area contributed by atoms with Crippen LogP contribution in [0.25, 0.3) is 0 Å². The van der Waals surface area contributed by atoms with Crippen molar-refractivity contribution in [3.8, 4) is 6.07 Å². The third kappa shape index (κ3) is 4.10. The Labute approximate surface area is 172 Å². The molecule has 2 aromatic heterocycles. The molecule has 0 unspecified atom stereocenters. The molecule has 3 rings (SSSR count). The van der Waals surface area contributed by atoms with Gasteiger partial charge in [0.15, 0.2) is 0 Å². The highest BCUT2D eigenvalue weighted by Crippen LogP contribution is 2.24. The van der Waals surface area contributed by atoms with E-state index >= 15 is 0 Å². The molecule has 0 aliphatic carbocycles. The van der Waals surface area contributed by atoms with Crippen LogP contribution < -0.4 is 10.2 Å². The zero-order valence-corrected chi connectivity index (χ0v) is 18.1. The molecule has 1 atom stereocenters. The number of carbonyl (C=O) groups is 1. The molecular weight excluding hydrogens is 366 g/mol. The fraction of sp³-hybridized carbons (Fsp3) is 0.524. The van der Waals surface area contributed by atoms with Crippen LogP contribution in [0.2, 0.25) is 0 Å². The molecule has 0 saturated carbocycles. The summed E-state index contributed by atoms with van der Waals surface area (Å²) in [6, 6.07) is 4.50. The van der Waals surface area contributed by atoms with Gasteiger partial charge in [0.1, 0.15) is 17.6 Å². The van der Waals surface area contributed by atoms with Gasteiger partial charge in [0.25, 0.3) is 5.91 Å². The van der Waals surface area contributed by atoms with E-state index in [2.05, 4.69) is 26.3 Å². The van der Waals surface area contributed by atoms with E-state index in [0.29, 0.717) is 11.7 Å². The van der Waals surface area contributed by atoms with Crippen LogP contribution in [0.1, 0.15) is 45.2 Å². The van der Waals surface area contributed by atoms with Gasteiger partial charge in [0.2, 0.25) is 5.82 Å².